The SMILES string of the molecule is COOCc1cc(Br)c(Br)o1. The molecule has 0 radical (unpaired) electrons. The molecule has 0 bridgehead atoms. The number of hydrogen-bond donors (Lipinski definition) is 0. The van der Waals surface area contributed by atoms with E-state index < -0.39 is 0 Å². The minimum absolute atomic E-state index is 0.306. The highest BCUT2D eigenvalue weighted by atomic mass is 79.9. The van der Waals surface area contributed by atoms with Crippen molar-refractivity contribution in [2.75, 3.05) is 7.11 Å². The van der Waals surface area contributed by atoms with Crippen molar-refractivity contribution in [2.45, 2.75) is 6.61 Å². The molecule has 1 aromatic heterocycles. The fourth-order valence-corrected chi connectivity index (χ4v) is 1.24. The van der Waals surface area contributed by atoms with Crippen molar-refractivity contribution in [2.24, 2.45) is 0 Å². The van der Waals surface area contributed by atoms with Crippen molar-refractivity contribution in [1.29, 1.82) is 0 Å². The molecule has 0 aliphatic heterocycles. The summed E-state index contributed by atoms with van der Waals surface area (Å²) in [6.45, 7) is 0.306. The fraction of sp³-hybridized carbons (Fsp3) is 0.333. The Morgan fingerprint density at radius 1 is 1.55 bits per heavy atom. The summed E-state index contributed by atoms with van der Waals surface area (Å²) in [4.78, 5) is 9.06. The molecule has 0 atom stereocenters. The lowest BCUT2D eigenvalue weighted by atomic mass is 10.5. The summed E-state index contributed by atoms with van der Waals surface area (Å²) in [6.07, 6.45) is 0. The zero-order valence-corrected chi connectivity index (χ0v) is 8.94. The smallest absolute Gasteiger partial charge is 0.183 e. The van der Waals surface area contributed by atoms with Crippen LogP contribution in [0, 0.1) is 0 Å². The van der Waals surface area contributed by atoms with E-state index >= 15 is 0 Å². The molecule has 0 aromatic carbocycles. The second kappa shape index (κ2) is 4.25. The first-order valence-corrected chi connectivity index (χ1v) is 4.42. The molecule has 0 saturated carbocycles. The number of rotatable bonds is 3. The van der Waals surface area contributed by atoms with E-state index in [0.717, 1.165) is 4.47 Å². The molecule has 0 amide bonds. The molecule has 0 aliphatic rings. The maximum Gasteiger partial charge on any atom is 0.183 e. The van der Waals surface area contributed by atoms with Crippen LogP contribution in [0.2, 0.25) is 0 Å². The first-order chi connectivity index (χ1) is 5.24. The van der Waals surface area contributed by atoms with E-state index in [-0.39, 0.29) is 0 Å². The average molecular weight is 286 g/mol. The van der Waals surface area contributed by atoms with Crippen LogP contribution in [0.3, 0.4) is 0 Å². The Labute approximate surface area is 80.8 Å². The van der Waals surface area contributed by atoms with E-state index in [1.807, 2.05) is 6.07 Å². The van der Waals surface area contributed by atoms with Gasteiger partial charge in [0.25, 0.3) is 0 Å². The van der Waals surface area contributed by atoms with Crippen molar-refractivity contribution in [3.05, 3.63) is 21.0 Å². The quantitative estimate of drug-likeness (QED) is 0.632. The zero-order valence-electron chi connectivity index (χ0n) is 5.77. The highest BCUT2D eigenvalue weighted by molar-refractivity contribution is 9.13. The van der Waals surface area contributed by atoms with Crippen molar-refractivity contribution >= 4 is 31.9 Å². The van der Waals surface area contributed by atoms with E-state index in [2.05, 4.69) is 41.6 Å². The monoisotopic (exact) mass is 284 g/mol. The van der Waals surface area contributed by atoms with Crippen molar-refractivity contribution in [3.8, 4) is 0 Å². The van der Waals surface area contributed by atoms with Crippen LogP contribution in [0.5, 0.6) is 0 Å². The van der Waals surface area contributed by atoms with Gasteiger partial charge in [0.1, 0.15) is 12.4 Å². The van der Waals surface area contributed by atoms with Crippen LogP contribution < -0.4 is 0 Å². The lowest BCUT2D eigenvalue weighted by Gasteiger charge is -1.93. The van der Waals surface area contributed by atoms with E-state index in [0.29, 0.717) is 17.0 Å². The van der Waals surface area contributed by atoms with Gasteiger partial charge in [-0.25, -0.2) is 9.78 Å². The third kappa shape index (κ3) is 2.59. The Hall–Kier alpha value is 0.160. The van der Waals surface area contributed by atoms with E-state index in [1.54, 1.807) is 0 Å². The largest absolute Gasteiger partial charge is 0.451 e. The standard InChI is InChI=1S/C6H6Br2O3/c1-9-10-3-4-2-5(7)6(8)11-4/h2H,3H2,1H3. The summed E-state index contributed by atoms with van der Waals surface area (Å²) in [5.74, 6) is 0.700. The summed E-state index contributed by atoms with van der Waals surface area (Å²) in [5, 5.41) is 0. The molecule has 5 heteroatoms. The molecular formula is C6H6Br2O3. The zero-order chi connectivity index (χ0) is 8.27. The topological polar surface area (TPSA) is 31.6 Å². The van der Waals surface area contributed by atoms with Crippen molar-refractivity contribution in [1.82, 2.24) is 0 Å². The maximum absolute atomic E-state index is 5.18. The van der Waals surface area contributed by atoms with E-state index in [1.165, 1.54) is 7.11 Å². The Morgan fingerprint density at radius 3 is 2.73 bits per heavy atom. The molecule has 1 rings (SSSR count). The summed E-state index contributed by atoms with van der Waals surface area (Å²) in [5.41, 5.74) is 0. The minimum Gasteiger partial charge on any atom is -0.451 e. The number of hydrogen-bond acceptors (Lipinski definition) is 3. The van der Waals surface area contributed by atoms with E-state index in [9.17, 15) is 0 Å². The molecule has 11 heavy (non-hydrogen) atoms. The van der Waals surface area contributed by atoms with Crippen molar-refractivity contribution in [3.63, 3.8) is 0 Å². The van der Waals surface area contributed by atoms with E-state index in [4.69, 9.17) is 4.42 Å². The molecule has 0 spiro atoms. The van der Waals surface area contributed by atoms with Crippen LogP contribution in [0.4, 0.5) is 0 Å². The molecule has 1 aromatic rings. The molecule has 0 aliphatic carbocycles. The molecule has 1 heterocycles. The molecule has 0 fully saturated rings. The van der Waals surface area contributed by atoms with Crippen LogP contribution >= 0.6 is 31.9 Å². The van der Waals surface area contributed by atoms with Gasteiger partial charge in [0, 0.05) is 0 Å². The van der Waals surface area contributed by atoms with Gasteiger partial charge in [0.2, 0.25) is 0 Å². The van der Waals surface area contributed by atoms with Crippen LogP contribution in [0.25, 0.3) is 0 Å². The van der Waals surface area contributed by atoms with Gasteiger partial charge in [-0.3, -0.25) is 0 Å². The highest BCUT2D eigenvalue weighted by Crippen LogP contribution is 2.26. The van der Waals surface area contributed by atoms with Crippen LogP contribution in [-0.4, -0.2) is 7.11 Å². The number of halogens is 2. The first kappa shape index (κ1) is 9.25. The minimum atomic E-state index is 0.306. The molecule has 0 N–H and O–H groups in total. The average Bonchev–Trinajstić information content (AvgIpc) is 2.28. The fourth-order valence-electron chi connectivity index (χ4n) is 0.580. The summed E-state index contributed by atoms with van der Waals surface area (Å²) in [6, 6.07) is 1.81. The van der Waals surface area contributed by atoms with Crippen LogP contribution in [-0.2, 0) is 16.4 Å². The third-order valence-corrected chi connectivity index (χ3v) is 2.73. The lowest BCUT2D eigenvalue weighted by Crippen LogP contribution is -1.87. The molecule has 3 nitrogen and oxygen atoms in total. The predicted octanol–water partition coefficient (Wildman–Crippen LogP) is 2.88. The second-order valence-corrected chi connectivity index (χ2v) is 3.34. The van der Waals surface area contributed by atoms with Gasteiger partial charge < -0.3 is 4.42 Å². The maximum atomic E-state index is 5.18. The van der Waals surface area contributed by atoms with Gasteiger partial charge in [0.15, 0.2) is 4.67 Å². The Balaban J connectivity index is 2.58. The lowest BCUT2D eigenvalue weighted by molar-refractivity contribution is -0.284. The van der Waals surface area contributed by atoms with Crippen LogP contribution in [0.15, 0.2) is 19.6 Å². The van der Waals surface area contributed by atoms with Gasteiger partial charge in [-0.2, -0.15) is 0 Å². The summed E-state index contributed by atoms with van der Waals surface area (Å²) < 4.78 is 6.71. The van der Waals surface area contributed by atoms with Gasteiger partial charge in [0.05, 0.1) is 11.6 Å². The van der Waals surface area contributed by atoms with Gasteiger partial charge >= 0.3 is 0 Å². The summed E-state index contributed by atoms with van der Waals surface area (Å²) in [7, 11) is 1.45. The first-order valence-electron chi connectivity index (χ1n) is 2.83. The normalized spacial score (nSPS) is 10.5. The van der Waals surface area contributed by atoms with Gasteiger partial charge in [-0.15, -0.1) is 0 Å². The predicted molar refractivity (Wildman–Crippen MR) is 45.9 cm³/mol. The molecule has 62 valence electrons. The summed E-state index contributed by atoms with van der Waals surface area (Å²) >= 11 is 6.47. The highest BCUT2D eigenvalue weighted by Gasteiger charge is 2.05. The Bertz CT molecular complexity index is 214. The second-order valence-electron chi connectivity index (χ2n) is 1.76. The van der Waals surface area contributed by atoms with Gasteiger partial charge in [-0.1, -0.05) is 0 Å². The third-order valence-electron chi connectivity index (χ3n) is 1.02. The Morgan fingerprint density at radius 2 is 2.27 bits per heavy atom. The van der Waals surface area contributed by atoms with Crippen molar-refractivity contribution < 1.29 is 14.2 Å². The van der Waals surface area contributed by atoms with Gasteiger partial charge in [-0.05, 0) is 37.9 Å². The van der Waals surface area contributed by atoms with Crippen LogP contribution in [0.1, 0.15) is 5.76 Å². The molecular weight excluding hydrogens is 280 g/mol. The molecule has 0 unspecified atom stereocenters. The number of furan rings is 1. The molecule has 0 saturated heterocycles. The Kier molecular flexibility index (Phi) is 3.58.